The maximum absolute atomic E-state index is 5.97. The van der Waals surface area contributed by atoms with Gasteiger partial charge in [0, 0.05) is 23.3 Å². The minimum absolute atomic E-state index is 0.156. The van der Waals surface area contributed by atoms with Crippen LogP contribution in [-0.2, 0) is 5.41 Å². The Balaban J connectivity index is 2.17. The van der Waals surface area contributed by atoms with Gasteiger partial charge in [-0.15, -0.1) is 11.3 Å². The summed E-state index contributed by atoms with van der Waals surface area (Å²) in [6.45, 7) is 7.42. The summed E-state index contributed by atoms with van der Waals surface area (Å²) < 4.78 is 0. The van der Waals surface area contributed by atoms with Gasteiger partial charge >= 0.3 is 0 Å². The SMILES string of the molecule is CC(C)(C)c1csc(C(CN)C2CCCC2)n1. The molecule has 1 heterocycles. The summed E-state index contributed by atoms with van der Waals surface area (Å²) in [5.74, 6) is 1.28. The van der Waals surface area contributed by atoms with Gasteiger partial charge in [0.1, 0.15) is 0 Å². The Labute approximate surface area is 109 Å². The number of nitrogens with zero attached hydrogens (tertiary/aromatic N) is 1. The Morgan fingerprint density at radius 1 is 1.41 bits per heavy atom. The molecule has 1 aliphatic carbocycles. The Morgan fingerprint density at radius 3 is 2.53 bits per heavy atom. The molecule has 0 amide bonds. The zero-order valence-corrected chi connectivity index (χ0v) is 12.0. The second-order valence-corrected chi connectivity index (χ2v) is 7.10. The Hall–Kier alpha value is -0.410. The van der Waals surface area contributed by atoms with Crippen molar-refractivity contribution >= 4 is 11.3 Å². The molecule has 0 bridgehead atoms. The Kier molecular flexibility index (Phi) is 3.88. The van der Waals surface area contributed by atoms with Crippen LogP contribution in [0, 0.1) is 5.92 Å². The van der Waals surface area contributed by atoms with Gasteiger partial charge in [0.05, 0.1) is 10.7 Å². The molecule has 17 heavy (non-hydrogen) atoms. The molecule has 1 aromatic rings. The molecule has 1 fully saturated rings. The topological polar surface area (TPSA) is 38.9 Å². The van der Waals surface area contributed by atoms with E-state index in [2.05, 4.69) is 26.2 Å². The molecule has 1 unspecified atom stereocenters. The lowest BCUT2D eigenvalue weighted by Gasteiger charge is -2.20. The highest BCUT2D eigenvalue weighted by Gasteiger charge is 2.28. The van der Waals surface area contributed by atoms with Crippen LogP contribution < -0.4 is 5.73 Å². The van der Waals surface area contributed by atoms with Crippen molar-refractivity contribution in [2.45, 2.75) is 57.8 Å². The van der Waals surface area contributed by atoms with Gasteiger partial charge < -0.3 is 5.73 Å². The Bertz CT molecular complexity index is 359. The molecular weight excluding hydrogens is 228 g/mol. The predicted octanol–water partition coefficient (Wildman–Crippen LogP) is 3.67. The van der Waals surface area contributed by atoms with E-state index in [4.69, 9.17) is 10.7 Å². The third-order valence-corrected chi connectivity index (χ3v) is 4.81. The van der Waals surface area contributed by atoms with Crippen LogP contribution in [0.2, 0.25) is 0 Å². The first-order valence-corrected chi connectivity index (χ1v) is 7.56. The summed E-state index contributed by atoms with van der Waals surface area (Å²) in [5, 5.41) is 3.48. The first-order valence-electron chi connectivity index (χ1n) is 6.68. The maximum atomic E-state index is 5.97. The van der Waals surface area contributed by atoms with Gasteiger partial charge in [-0.1, -0.05) is 33.6 Å². The fraction of sp³-hybridized carbons (Fsp3) is 0.786. The molecule has 1 atom stereocenters. The summed E-state index contributed by atoms with van der Waals surface area (Å²) in [6.07, 6.45) is 5.43. The summed E-state index contributed by atoms with van der Waals surface area (Å²) in [5.41, 5.74) is 7.34. The van der Waals surface area contributed by atoms with Crippen molar-refractivity contribution < 1.29 is 0 Å². The molecule has 2 nitrogen and oxygen atoms in total. The van der Waals surface area contributed by atoms with E-state index >= 15 is 0 Å². The first kappa shape index (κ1) is 13.0. The van der Waals surface area contributed by atoms with Crippen molar-refractivity contribution in [3.05, 3.63) is 16.1 Å². The zero-order valence-electron chi connectivity index (χ0n) is 11.2. The van der Waals surface area contributed by atoms with Crippen molar-refractivity contribution in [1.29, 1.82) is 0 Å². The molecule has 1 aliphatic rings. The van der Waals surface area contributed by atoms with Crippen molar-refractivity contribution in [2.75, 3.05) is 6.54 Å². The standard InChI is InChI=1S/C14H24N2S/c1-14(2,3)12-9-17-13(16-12)11(8-15)10-6-4-5-7-10/h9-11H,4-8,15H2,1-3H3. The maximum Gasteiger partial charge on any atom is 0.0974 e. The van der Waals surface area contributed by atoms with Crippen LogP contribution in [0.4, 0.5) is 0 Å². The van der Waals surface area contributed by atoms with Gasteiger partial charge in [-0.25, -0.2) is 4.98 Å². The fourth-order valence-corrected chi connectivity index (χ4v) is 3.91. The van der Waals surface area contributed by atoms with Gasteiger partial charge in [0.2, 0.25) is 0 Å². The molecule has 0 aromatic carbocycles. The van der Waals surface area contributed by atoms with Gasteiger partial charge in [-0.3, -0.25) is 0 Å². The monoisotopic (exact) mass is 252 g/mol. The highest BCUT2D eigenvalue weighted by atomic mass is 32.1. The van der Waals surface area contributed by atoms with Crippen molar-refractivity contribution in [1.82, 2.24) is 4.98 Å². The van der Waals surface area contributed by atoms with Crippen LogP contribution >= 0.6 is 11.3 Å². The van der Waals surface area contributed by atoms with E-state index in [-0.39, 0.29) is 5.41 Å². The summed E-state index contributed by atoms with van der Waals surface area (Å²) >= 11 is 1.80. The van der Waals surface area contributed by atoms with E-state index < -0.39 is 0 Å². The molecule has 0 radical (unpaired) electrons. The number of hydrogen-bond donors (Lipinski definition) is 1. The molecule has 2 N–H and O–H groups in total. The van der Waals surface area contributed by atoms with E-state index in [0.29, 0.717) is 5.92 Å². The minimum Gasteiger partial charge on any atom is -0.330 e. The average molecular weight is 252 g/mol. The zero-order chi connectivity index (χ0) is 12.5. The lowest BCUT2D eigenvalue weighted by atomic mass is 9.90. The molecule has 3 heteroatoms. The van der Waals surface area contributed by atoms with E-state index in [1.807, 2.05) is 0 Å². The largest absolute Gasteiger partial charge is 0.330 e. The van der Waals surface area contributed by atoms with Gasteiger partial charge in [-0.2, -0.15) is 0 Å². The average Bonchev–Trinajstić information content (AvgIpc) is 2.87. The molecule has 1 aromatic heterocycles. The molecule has 96 valence electrons. The second kappa shape index (κ2) is 5.07. The number of nitrogens with two attached hydrogens (primary N) is 1. The predicted molar refractivity (Wildman–Crippen MR) is 74.6 cm³/mol. The number of hydrogen-bond acceptors (Lipinski definition) is 3. The normalized spacial score (nSPS) is 19.8. The summed E-state index contributed by atoms with van der Waals surface area (Å²) in [7, 11) is 0. The van der Waals surface area contributed by atoms with Crippen molar-refractivity contribution in [3.63, 3.8) is 0 Å². The third kappa shape index (κ3) is 2.89. The Morgan fingerprint density at radius 2 is 2.06 bits per heavy atom. The quantitative estimate of drug-likeness (QED) is 0.891. The van der Waals surface area contributed by atoms with Crippen LogP contribution in [0.5, 0.6) is 0 Å². The van der Waals surface area contributed by atoms with Crippen LogP contribution in [0.15, 0.2) is 5.38 Å². The highest BCUT2D eigenvalue weighted by Crippen LogP contribution is 2.38. The number of rotatable bonds is 3. The van der Waals surface area contributed by atoms with E-state index in [9.17, 15) is 0 Å². The van der Waals surface area contributed by atoms with E-state index in [1.54, 1.807) is 11.3 Å². The number of aromatic nitrogens is 1. The van der Waals surface area contributed by atoms with Crippen LogP contribution in [-0.4, -0.2) is 11.5 Å². The fourth-order valence-electron chi connectivity index (χ4n) is 2.66. The summed E-state index contributed by atoms with van der Waals surface area (Å²) in [6, 6.07) is 0. The molecular formula is C14H24N2S. The smallest absolute Gasteiger partial charge is 0.0974 e. The first-order chi connectivity index (χ1) is 8.02. The van der Waals surface area contributed by atoms with E-state index in [0.717, 1.165) is 12.5 Å². The van der Waals surface area contributed by atoms with Crippen LogP contribution in [0.1, 0.15) is 63.1 Å². The van der Waals surface area contributed by atoms with Crippen molar-refractivity contribution in [2.24, 2.45) is 11.7 Å². The molecule has 0 aliphatic heterocycles. The number of thiazole rings is 1. The highest BCUT2D eigenvalue weighted by molar-refractivity contribution is 7.09. The lowest BCUT2D eigenvalue weighted by molar-refractivity contribution is 0.436. The molecule has 2 rings (SSSR count). The summed E-state index contributed by atoms with van der Waals surface area (Å²) in [4.78, 5) is 4.84. The second-order valence-electron chi connectivity index (χ2n) is 6.21. The lowest BCUT2D eigenvalue weighted by Crippen LogP contribution is -2.20. The van der Waals surface area contributed by atoms with E-state index in [1.165, 1.54) is 36.4 Å². The third-order valence-electron chi connectivity index (χ3n) is 3.83. The van der Waals surface area contributed by atoms with Gasteiger partial charge in [-0.05, 0) is 18.8 Å². The molecule has 1 saturated carbocycles. The van der Waals surface area contributed by atoms with Crippen molar-refractivity contribution in [3.8, 4) is 0 Å². The molecule has 0 spiro atoms. The minimum atomic E-state index is 0.156. The van der Waals surface area contributed by atoms with Crippen LogP contribution in [0.3, 0.4) is 0 Å². The van der Waals surface area contributed by atoms with Crippen LogP contribution in [0.25, 0.3) is 0 Å². The van der Waals surface area contributed by atoms with Gasteiger partial charge in [0.15, 0.2) is 0 Å². The van der Waals surface area contributed by atoms with Gasteiger partial charge in [0.25, 0.3) is 0 Å². The molecule has 0 saturated heterocycles.